The fourth-order valence-corrected chi connectivity index (χ4v) is 3.43. The highest BCUT2D eigenvalue weighted by Crippen LogP contribution is 2.19. The third kappa shape index (κ3) is 5.17. The van der Waals surface area contributed by atoms with Crippen molar-refractivity contribution in [3.05, 3.63) is 95.8 Å². The zero-order valence-corrected chi connectivity index (χ0v) is 17.3. The van der Waals surface area contributed by atoms with Crippen LogP contribution in [0.1, 0.15) is 41.1 Å². The minimum atomic E-state index is -0.184. The average Bonchev–Trinajstić information content (AvgIpc) is 3.21. The quantitative estimate of drug-likeness (QED) is 0.414. The third-order valence-electron chi connectivity index (χ3n) is 5.09. The van der Waals surface area contributed by atoms with Crippen molar-refractivity contribution in [1.29, 1.82) is 0 Å². The second kappa shape index (κ2) is 9.26. The molecule has 0 aliphatic rings. The monoisotopic (exact) mass is 412 g/mol. The summed E-state index contributed by atoms with van der Waals surface area (Å²) in [6, 6.07) is 24.2. The molecule has 1 heterocycles. The number of imidazole rings is 1. The summed E-state index contributed by atoms with van der Waals surface area (Å²) in [5.41, 5.74) is 4.08. The fourth-order valence-electron chi connectivity index (χ4n) is 3.43. The van der Waals surface area contributed by atoms with E-state index in [0.29, 0.717) is 24.1 Å². The molecule has 6 heteroatoms. The molecule has 4 rings (SSSR count). The smallest absolute Gasteiger partial charge is 0.255 e. The summed E-state index contributed by atoms with van der Waals surface area (Å²) in [5.74, 6) is 0.585. The molecular weight excluding hydrogens is 388 g/mol. The van der Waals surface area contributed by atoms with E-state index in [-0.39, 0.29) is 17.9 Å². The third-order valence-corrected chi connectivity index (χ3v) is 5.09. The van der Waals surface area contributed by atoms with E-state index in [2.05, 4.69) is 20.6 Å². The van der Waals surface area contributed by atoms with E-state index in [9.17, 15) is 9.59 Å². The van der Waals surface area contributed by atoms with Gasteiger partial charge >= 0.3 is 0 Å². The van der Waals surface area contributed by atoms with Gasteiger partial charge in [-0.25, -0.2) is 4.98 Å². The van der Waals surface area contributed by atoms with Crippen molar-refractivity contribution >= 4 is 28.5 Å². The lowest BCUT2D eigenvalue weighted by Gasteiger charge is -2.15. The van der Waals surface area contributed by atoms with Crippen LogP contribution in [0.25, 0.3) is 11.0 Å². The standard InChI is InChI=1S/C25H24N4O2/c1-17(26-24(30)15-14-23-28-21-12-5-6-13-22(21)29-23)19-10-7-11-20(16-19)27-25(31)18-8-3-2-4-9-18/h2-13,16-17H,14-15H2,1H3,(H,26,30)(H,27,31)(H,28,29)/t17-/m1/s1. The van der Waals surface area contributed by atoms with E-state index >= 15 is 0 Å². The van der Waals surface area contributed by atoms with Crippen LogP contribution < -0.4 is 10.6 Å². The summed E-state index contributed by atoms with van der Waals surface area (Å²) in [5, 5.41) is 5.92. The molecule has 0 unspecified atom stereocenters. The molecule has 4 aromatic rings. The topological polar surface area (TPSA) is 86.9 Å². The van der Waals surface area contributed by atoms with Gasteiger partial charge in [0, 0.05) is 24.1 Å². The highest BCUT2D eigenvalue weighted by Gasteiger charge is 2.12. The van der Waals surface area contributed by atoms with E-state index in [4.69, 9.17) is 0 Å². The first kappa shape index (κ1) is 20.3. The Balaban J connectivity index is 1.33. The van der Waals surface area contributed by atoms with E-state index < -0.39 is 0 Å². The Bertz CT molecular complexity index is 1170. The molecule has 0 aliphatic heterocycles. The minimum absolute atomic E-state index is 0.0494. The number of H-pyrrole nitrogens is 1. The van der Waals surface area contributed by atoms with Crippen molar-refractivity contribution in [2.45, 2.75) is 25.8 Å². The van der Waals surface area contributed by atoms with Crippen molar-refractivity contribution in [2.24, 2.45) is 0 Å². The lowest BCUT2D eigenvalue weighted by molar-refractivity contribution is -0.121. The first-order valence-electron chi connectivity index (χ1n) is 10.3. The number of aromatic amines is 1. The minimum Gasteiger partial charge on any atom is -0.350 e. The van der Waals surface area contributed by atoms with Gasteiger partial charge in [-0.15, -0.1) is 0 Å². The molecule has 31 heavy (non-hydrogen) atoms. The molecule has 1 atom stereocenters. The molecule has 3 aromatic carbocycles. The Morgan fingerprint density at radius 2 is 1.74 bits per heavy atom. The second-order valence-electron chi connectivity index (χ2n) is 7.44. The number of nitrogens with one attached hydrogen (secondary N) is 3. The molecule has 0 saturated heterocycles. The number of nitrogens with zero attached hydrogens (tertiary/aromatic N) is 1. The van der Waals surface area contributed by atoms with Crippen molar-refractivity contribution in [3.63, 3.8) is 0 Å². The molecule has 0 aliphatic carbocycles. The van der Waals surface area contributed by atoms with Crippen LogP contribution in [0.15, 0.2) is 78.9 Å². The number of amides is 2. The van der Waals surface area contributed by atoms with Gasteiger partial charge < -0.3 is 15.6 Å². The molecule has 1 aromatic heterocycles. The maximum absolute atomic E-state index is 12.4. The van der Waals surface area contributed by atoms with Gasteiger partial charge in [-0.05, 0) is 48.9 Å². The van der Waals surface area contributed by atoms with Crippen LogP contribution >= 0.6 is 0 Å². The first-order chi connectivity index (χ1) is 15.1. The number of hydrogen-bond acceptors (Lipinski definition) is 3. The number of para-hydroxylation sites is 2. The van der Waals surface area contributed by atoms with Crippen molar-refractivity contribution in [2.75, 3.05) is 5.32 Å². The molecule has 0 radical (unpaired) electrons. The van der Waals surface area contributed by atoms with Gasteiger partial charge in [0.1, 0.15) is 5.82 Å². The van der Waals surface area contributed by atoms with Gasteiger partial charge in [0.2, 0.25) is 5.91 Å². The number of aromatic nitrogens is 2. The largest absolute Gasteiger partial charge is 0.350 e. The number of rotatable bonds is 7. The Kier molecular flexibility index (Phi) is 6.08. The van der Waals surface area contributed by atoms with Crippen LogP contribution in [0.4, 0.5) is 5.69 Å². The Morgan fingerprint density at radius 3 is 2.55 bits per heavy atom. The number of carbonyl (C=O) groups excluding carboxylic acids is 2. The predicted octanol–water partition coefficient (Wildman–Crippen LogP) is 4.63. The SMILES string of the molecule is C[C@@H](NC(=O)CCc1nc2ccccc2[nH]1)c1cccc(NC(=O)c2ccccc2)c1. The van der Waals surface area contributed by atoms with E-state index in [1.807, 2.05) is 73.7 Å². The predicted molar refractivity (Wildman–Crippen MR) is 122 cm³/mol. The highest BCUT2D eigenvalue weighted by atomic mass is 16.2. The summed E-state index contributed by atoms with van der Waals surface area (Å²) in [6.45, 7) is 1.93. The molecule has 0 fully saturated rings. The van der Waals surface area contributed by atoms with Gasteiger partial charge in [-0.1, -0.05) is 42.5 Å². The number of hydrogen-bond donors (Lipinski definition) is 3. The molecule has 6 nitrogen and oxygen atoms in total. The van der Waals surface area contributed by atoms with E-state index in [0.717, 1.165) is 22.4 Å². The number of aryl methyl sites for hydroxylation is 1. The molecule has 3 N–H and O–H groups in total. The van der Waals surface area contributed by atoms with Crippen LogP contribution in [0.5, 0.6) is 0 Å². The lowest BCUT2D eigenvalue weighted by atomic mass is 10.1. The van der Waals surface area contributed by atoms with E-state index in [1.165, 1.54) is 0 Å². The fraction of sp³-hybridized carbons (Fsp3) is 0.160. The summed E-state index contributed by atoms with van der Waals surface area (Å²) < 4.78 is 0. The summed E-state index contributed by atoms with van der Waals surface area (Å²) >= 11 is 0. The van der Waals surface area contributed by atoms with Crippen LogP contribution in [0, 0.1) is 0 Å². The average molecular weight is 412 g/mol. The number of carbonyl (C=O) groups is 2. The summed E-state index contributed by atoms with van der Waals surface area (Å²) in [6.07, 6.45) is 0.884. The van der Waals surface area contributed by atoms with E-state index in [1.54, 1.807) is 12.1 Å². The second-order valence-corrected chi connectivity index (χ2v) is 7.44. The molecule has 0 spiro atoms. The Morgan fingerprint density at radius 1 is 0.968 bits per heavy atom. The zero-order chi connectivity index (χ0) is 21.6. The van der Waals surface area contributed by atoms with Gasteiger partial charge in [0.25, 0.3) is 5.91 Å². The van der Waals surface area contributed by atoms with Gasteiger partial charge in [-0.2, -0.15) is 0 Å². The highest BCUT2D eigenvalue weighted by molar-refractivity contribution is 6.04. The molecule has 0 bridgehead atoms. The van der Waals surface area contributed by atoms with Crippen molar-refractivity contribution in [3.8, 4) is 0 Å². The lowest BCUT2D eigenvalue weighted by Crippen LogP contribution is -2.27. The molecule has 2 amide bonds. The van der Waals surface area contributed by atoms with Gasteiger partial charge in [0.15, 0.2) is 0 Å². The van der Waals surface area contributed by atoms with Crippen LogP contribution in [0.2, 0.25) is 0 Å². The van der Waals surface area contributed by atoms with Crippen molar-refractivity contribution in [1.82, 2.24) is 15.3 Å². The number of anilines is 1. The van der Waals surface area contributed by atoms with Gasteiger partial charge in [-0.3, -0.25) is 9.59 Å². The molecule has 0 saturated carbocycles. The Labute approximate surface area is 180 Å². The maximum atomic E-state index is 12.4. The maximum Gasteiger partial charge on any atom is 0.255 e. The Hall–Kier alpha value is -3.93. The zero-order valence-electron chi connectivity index (χ0n) is 17.3. The first-order valence-corrected chi connectivity index (χ1v) is 10.3. The van der Waals surface area contributed by atoms with Crippen molar-refractivity contribution < 1.29 is 9.59 Å². The van der Waals surface area contributed by atoms with Gasteiger partial charge in [0.05, 0.1) is 17.1 Å². The number of fused-ring (bicyclic) bond motifs is 1. The normalized spacial score (nSPS) is 11.8. The van der Waals surface area contributed by atoms with Crippen LogP contribution in [-0.4, -0.2) is 21.8 Å². The van der Waals surface area contributed by atoms with Crippen LogP contribution in [0.3, 0.4) is 0 Å². The molecular formula is C25H24N4O2. The summed E-state index contributed by atoms with van der Waals surface area (Å²) in [4.78, 5) is 32.6. The number of benzene rings is 3. The van der Waals surface area contributed by atoms with Crippen LogP contribution in [-0.2, 0) is 11.2 Å². The molecule has 156 valence electrons. The summed E-state index contributed by atoms with van der Waals surface area (Å²) in [7, 11) is 0.